The Balaban J connectivity index is 1.58. The molecule has 1 aliphatic heterocycles. The highest BCUT2D eigenvalue weighted by Crippen LogP contribution is 2.30. The van der Waals surface area contributed by atoms with Gasteiger partial charge in [-0.1, -0.05) is 17.7 Å². The molecule has 27 heavy (non-hydrogen) atoms. The van der Waals surface area contributed by atoms with Gasteiger partial charge in [-0.15, -0.1) is 0 Å². The minimum Gasteiger partial charge on any atom is -0.386 e. The largest absolute Gasteiger partial charge is 0.386 e. The number of carbonyl (C=O) groups is 1. The van der Waals surface area contributed by atoms with Gasteiger partial charge in [-0.2, -0.15) is 5.26 Å². The van der Waals surface area contributed by atoms with Crippen LogP contribution in [0.4, 0.5) is 5.69 Å². The lowest BCUT2D eigenvalue weighted by molar-refractivity contribution is -0.104. The summed E-state index contributed by atoms with van der Waals surface area (Å²) in [6.07, 6.45) is 6.35. The maximum atomic E-state index is 11.4. The third-order valence-corrected chi connectivity index (χ3v) is 5.58. The summed E-state index contributed by atoms with van der Waals surface area (Å²) in [6, 6.07) is 10.6. The molecule has 1 aromatic carbocycles. The summed E-state index contributed by atoms with van der Waals surface area (Å²) in [5.74, 6) is -0.0307. The average molecular weight is 365 g/mol. The quantitative estimate of drug-likeness (QED) is 0.312. The van der Waals surface area contributed by atoms with Crippen LogP contribution in [0.2, 0.25) is 0 Å². The molecule has 1 heterocycles. The Morgan fingerprint density at radius 2 is 2.04 bits per heavy atom. The first kappa shape index (κ1) is 19.1. The summed E-state index contributed by atoms with van der Waals surface area (Å²) in [6.45, 7) is 4.30. The molecule has 2 aliphatic rings. The number of amidine groups is 1. The van der Waals surface area contributed by atoms with E-state index in [1.54, 1.807) is 6.20 Å². The lowest BCUT2D eigenvalue weighted by Gasteiger charge is -2.43. The standard InChI is InChI=1S/C21H27N5O/c1-15-3-5-18(6-4-15)25-21(23)17(14-27)13-24-20-8-7-19(11-16(20)12-22)26-9-2-10-26/h3-6,13-14,16,19-20,24H,2,7-11H2,1H3,(H2,23,25)/b17-13-. The van der Waals surface area contributed by atoms with Gasteiger partial charge < -0.3 is 15.5 Å². The molecule has 0 amide bonds. The van der Waals surface area contributed by atoms with Crippen LogP contribution in [-0.2, 0) is 4.79 Å². The van der Waals surface area contributed by atoms with Crippen molar-refractivity contribution in [1.82, 2.24) is 10.2 Å². The van der Waals surface area contributed by atoms with Gasteiger partial charge in [0.05, 0.1) is 17.6 Å². The van der Waals surface area contributed by atoms with E-state index in [1.807, 2.05) is 31.2 Å². The van der Waals surface area contributed by atoms with Gasteiger partial charge in [0.2, 0.25) is 0 Å². The topological polar surface area (TPSA) is 92.0 Å². The van der Waals surface area contributed by atoms with Crippen molar-refractivity contribution in [2.24, 2.45) is 5.92 Å². The summed E-state index contributed by atoms with van der Waals surface area (Å²) >= 11 is 0. The van der Waals surface area contributed by atoms with E-state index >= 15 is 0 Å². The van der Waals surface area contributed by atoms with Gasteiger partial charge >= 0.3 is 0 Å². The fraction of sp³-hybridized carbons (Fsp3) is 0.476. The maximum absolute atomic E-state index is 11.4. The molecule has 0 bridgehead atoms. The van der Waals surface area contributed by atoms with Gasteiger partial charge in [0.25, 0.3) is 0 Å². The Morgan fingerprint density at radius 3 is 2.63 bits per heavy atom. The molecule has 1 saturated heterocycles. The van der Waals surface area contributed by atoms with Crippen LogP contribution >= 0.6 is 0 Å². The van der Waals surface area contributed by atoms with Crippen molar-refractivity contribution in [1.29, 1.82) is 10.7 Å². The van der Waals surface area contributed by atoms with Crippen LogP contribution in [0, 0.1) is 29.6 Å². The first-order valence-corrected chi connectivity index (χ1v) is 9.58. The summed E-state index contributed by atoms with van der Waals surface area (Å²) in [5, 5.41) is 23.9. The molecule has 0 aromatic heterocycles. The molecule has 0 spiro atoms. The number of nitriles is 1. The van der Waals surface area contributed by atoms with Gasteiger partial charge in [-0.25, -0.2) is 0 Å². The van der Waals surface area contributed by atoms with E-state index in [2.05, 4.69) is 21.6 Å². The van der Waals surface area contributed by atoms with E-state index in [4.69, 9.17) is 5.41 Å². The second-order valence-electron chi connectivity index (χ2n) is 7.45. The fourth-order valence-corrected chi connectivity index (χ4v) is 3.74. The number of carbonyl (C=O) groups excluding carboxylic acids is 1. The number of rotatable bonds is 6. The van der Waals surface area contributed by atoms with E-state index in [1.165, 1.54) is 6.42 Å². The molecule has 6 heteroatoms. The number of aryl methyl sites for hydroxylation is 1. The van der Waals surface area contributed by atoms with Crippen LogP contribution in [0.3, 0.4) is 0 Å². The molecule has 3 rings (SSSR count). The zero-order valence-electron chi connectivity index (χ0n) is 15.7. The normalized spacial score (nSPS) is 25.8. The summed E-state index contributed by atoms with van der Waals surface area (Å²) in [4.78, 5) is 13.9. The van der Waals surface area contributed by atoms with Gasteiger partial charge in [-0.3, -0.25) is 10.2 Å². The molecule has 142 valence electrons. The Labute approximate surface area is 160 Å². The van der Waals surface area contributed by atoms with Crippen LogP contribution in [0.25, 0.3) is 0 Å². The number of hydrogen-bond donors (Lipinski definition) is 3. The minimum atomic E-state index is -0.0762. The number of aldehydes is 1. The number of hydrogen-bond acceptors (Lipinski definition) is 5. The second kappa shape index (κ2) is 8.83. The molecule has 1 aromatic rings. The zero-order chi connectivity index (χ0) is 19.2. The van der Waals surface area contributed by atoms with Gasteiger partial charge in [0.1, 0.15) is 5.84 Å². The van der Waals surface area contributed by atoms with Crippen molar-refractivity contribution in [3.8, 4) is 6.07 Å². The van der Waals surface area contributed by atoms with Gasteiger partial charge in [0.15, 0.2) is 6.29 Å². The number of benzene rings is 1. The van der Waals surface area contributed by atoms with Crippen molar-refractivity contribution in [3.05, 3.63) is 41.6 Å². The molecule has 3 unspecified atom stereocenters. The van der Waals surface area contributed by atoms with Gasteiger partial charge in [0, 0.05) is 24.0 Å². The van der Waals surface area contributed by atoms with Crippen LogP contribution in [0.5, 0.6) is 0 Å². The first-order chi connectivity index (χ1) is 13.1. The highest BCUT2D eigenvalue weighted by atomic mass is 16.1. The van der Waals surface area contributed by atoms with E-state index in [9.17, 15) is 10.1 Å². The predicted octanol–water partition coefficient (Wildman–Crippen LogP) is 2.82. The van der Waals surface area contributed by atoms with Crippen molar-refractivity contribution in [3.63, 3.8) is 0 Å². The van der Waals surface area contributed by atoms with Crippen LogP contribution in [0.1, 0.15) is 31.2 Å². The molecule has 3 atom stereocenters. The summed E-state index contributed by atoms with van der Waals surface area (Å²) in [7, 11) is 0. The van der Waals surface area contributed by atoms with Crippen LogP contribution in [-0.4, -0.2) is 42.2 Å². The van der Waals surface area contributed by atoms with E-state index in [0.717, 1.165) is 43.6 Å². The third kappa shape index (κ3) is 4.75. The highest BCUT2D eigenvalue weighted by Gasteiger charge is 2.34. The Bertz CT molecular complexity index is 745. The highest BCUT2D eigenvalue weighted by molar-refractivity contribution is 6.17. The molecular formula is C21H27N5O. The zero-order valence-corrected chi connectivity index (χ0v) is 15.7. The summed E-state index contributed by atoms with van der Waals surface area (Å²) < 4.78 is 0. The Hall–Kier alpha value is -2.65. The fourth-order valence-electron chi connectivity index (χ4n) is 3.74. The predicted molar refractivity (Wildman–Crippen MR) is 107 cm³/mol. The summed E-state index contributed by atoms with van der Waals surface area (Å²) in [5.41, 5.74) is 2.15. The van der Waals surface area contributed by atoms with E-state index in [-0.39, 0.29) is 23.4 Å². The van der Waals surface area contributed by atoms with Crippen molar-refractivity contribution in [2.75, 3.05) is 18.4 Å². The SMILES string of the molecule is Cc1ccc(NC(=N)/C(C=O)=C\NC2CCC(N3CCC3)CC2C#N)cc1. The number of likely N-dealkylation sites (tertiary alicyclic amines) is 1. The molecule has 0 radical (unpaired) electrons. The van der Waals surface area contributed by atoms with Crippen LogP contribution in [0.15, 0.2) is 36.0 Å². The smallest absolute Gasteiger partial charge is 0.155 e. The Morgan fingerprint density at radius 1 is 1.30 bits per heavy atom. The monoisotopic (exact) mass is 365 g/mol. The number of nitrogens with zero attached hydrogens (tertiary/aromatic N) is 2. The molecule has 1 aliphatic carbocycles. The Kier molecular flexibility index (Phi) is 6.25. The van der Waals surface area contributed by atoms with Crippen molar-refractivity contribution >= 4 is 17.8 Å². The second-order valence-corrected chi connectivity index (χ2v) is 7.45. The average Bonchev–Trinajstić information content (AvgIpc) is 2.63. The van der Waals surface area contributed by atoms with Crippen molar-refractivity contribution < 1.29 is 4.79 Å². The lowest BCUT2D eigenvalue weighted by Crippen LogP contribution is -2.50. The van der Waals surface area contributed by atoms with E-state index < -0.39 is 0 Å². The minimum absolute atomic E-state index is 0.0228. The van der Waals surface area contributed by atoms with E-state index in [0.29, 0.717) is 12.3 Å². The molecule has 2 fully saturated rings. The lowest BCUT2D eigenvalue weighted by atomic mass is 9.81. The number of anilines is 1. The third-order valence-electron chi connectivity index (χ3n) is 5.58. The van der Waals surface area contributed by atoms with Gasteiger partial charge in [-0.05, 0) is 57.8 Å². The maximum Gasteiger partial charge on any atom is 0.155 e. The van der Waals surface area contributed by atoms with Crippen LogP contribution < -0.4 is 10.6 Å². The molecule has 6 nitrogen and oxygen atoms in total. The molecular weight excluding hydrogens is 338 g/mol. The van der Waals surface area contributed by atoms with Crippen molar-refractivity contribution in [2.45, 2.75) is 44.7 Å². The first-order valence-electron chi connectivity index (χ1n) is 9.58. The number of nitrogens with one attached hydrogen (secondary N) is 3. The molecule has 1 saturated carbocycles. The molecule has 3 N–H and O–H groups in total.